The number of para-hydroxylation sites is 3. The third kappa shape index (κ3) is 6.99. The van der Waals surface area contributed by atoms with Crippen molar-refractivity contribution < 1.29 is 19.4 Å². The summed E-state index contributed by atoms with van der Waals surface area (Å²) in [5, 5.41) is 12.7. The lowest BCUT2D eigenvalue weighted by Gasteiger charge is -2.39. The molecule has 218 valence electrons. The third-order valence-corrected chi connectivity index (χ3v) is 7.52. The summed E-state index contributed by atoms with van der Waals surface area (Å²) in [5.74, 6) is 0.223. The molecule has 0 unspecified atom stereocenters. The second-order valence-corrected chi connectivity index (χ2v) is 11.1. The van der Waals surface area contributed by atoms with E-state index < -0.39 is 0 Å². The second kappa shape index (κ2) is 13.1. The van der Waals surface area contributed by atoms with Crippen molar-refractivity contribution in [3.63, 3.8) is 0 Å². The zero-order valence-electron chi connectivity index (χ0n) is 24.5. The van der Waals surface area contributed by atoms with Crippen molar-refractivity contribution in [2.45, 2.75) is 32.5 Å². The molecule has 1 aliphatic rings. The highest BCUT2D eigenvalue weighted by atomic mass is 16.5. The zero-order chi connectivity index (χ0) is 29.7. The van der Waals surface area contributed by atoms with Gasteiger partial charge in [0, 0.05) is 45.2 Å². The Morgan fingerprint density at radius 2 is 1.80 bits per heavy atom. The van der Waals surface area contributed by atoms with Crippen molar-refractivity contribution >= 4 is 28.9 Å². The number of anilines is 3. The molecule has 3 aromatic rings. The Labute approximate surface area is 242 Å². The molecule has 0 spiro atoms. The van der Waals surface area contributed by atoms with Gasteiger partial charge in [-0.3, -0.25) is 14.5 Å². The van der Waals surface area contributed by atoms with Crippen molar-refractivity contribution in [1.29, 1.82) is 0 Å². The zero-order valence-corrected chi connectivity index (χ0v) is 24.5. The van der Waals surface area contributed by atoms with E-state index in [2.05, 4.69) is 17.1 Å². The first-order valence-corrected chi connectivity index (χ1v) is 13.9. The SMILES string of the molecule is C[C@@H]1CN([C@H](C)CO)C(=O)c2cccc(N(C)C)c2O[C@H]1CN(C)Cc1ccc(C(=O)Nc2ccccc2N)cc1. The number of nitrogens with zero attached hydrogens (tertiary/aromatic N) is 3. The summed E-state index contributed by atoms with van der Waals surface area (Å²) >= 11 is 0. The van der Waals surface area contributed by atoms with E-state index in [4.69, 9.17) is 10.5 Å². The van der Waals surface area contributed by atoms with Crippen LogP contribution in [0.2, 0.25) is 0 Å². The van der Waals surface area contributed by atoms with Crippen LogP contribution in [-0.4, -0.2) is 79.7 Å². The number of nitrogens with two attached hydrogens (primary N) is 1. The molecule has 3 atom stereocenters. The summed E-state index contributed by atoms with van der Waals surface area (Å²) in [6.07, 6.45) is -0.206. The number of hydrogen-bond acceptors (Lipinski definition) is 7. The van der Waals surface area contributed by atoms with E-state index in [0.717, 1.165) is 11.3 Å². The highest BCUT2D eigenvalue weighted by Crippen LogP contribution is 2.36. The van der Waals surface area contributed by atoms with Gasteiger partial charge in [0.25, 0.3) is 11.8 Å². The van der Waals surface area contributed by atoms with Gasteiger partial charge in [-0.05, 0) is 55.9 Å². The number of likely N-dealkylation sites (N-methyl/N-ethyl adjacent to an activating group) is 1. The Kier molecular flexibility index (Phi) is 9.52. The van der Waals surface area contributed by atoms with E-state index in [0.29, 0.717) is 47.9 Å². The van der Waals surface area contributed by atoms with E-state index in [-0.39, 0.29) is 36.5 Å². The molecule has 0 radical (unpaired) electrons. The van der Waals surface area contributed by atoms with Gasteiger partial charge in [0.05, 0.1) is 35.3 Å². The molecular formula is C32H41N5O4. The van der Waals surface area contributed by atoms with Gasteiger partial charge < -0.3 is 30.7 Å². The standard InChI is InChI=1S/C32H41N5O4/c1-21-17-37(22(2)20-38)32(40)25-9-8-12-28(35(3)4)30(25)41-29(21)19-36(5)18-23-13-15-24(16-14-23)31(39)34-27-11-7-6-10-26(27)33/h6-16,21-22,29,38H,17-20,33H2,1-5H3,(H,34,39)/t21-,22-,29+/m1/s1. The molecule has 1 heterocycles. The van der Waals surface area contributed by atoms with Crippen LogP contribution in [0.3, 0.4) is 0 Å². The van der Waals surface area contributed by atoms with Gasteiger partial charge in [0.2, 0.25) is 0 Å². The predicted octanol–water partition coefficient (Wildman–Crippen LogP) is 3.94. The van der Waals surface area contributed by atoms with Crippen molar-refractivity contribution in [2.75, 3.05) is 56.8 Å². The topological polar surface area (TPSA) is 111 Å². The van der Waals surface area contributed by atoms with E-state index in [9.17, 15) is 14.7 Å². The van der Waals surface area contributed by atoms with E-state index in [1.807, 2.05) is 81.5 Å². The molecule has 41 heavy (non-hydrogen) atoms. The maximum absolute atomic E-state index is 13.5. The van der Waals surface area contributed by atoms with E-state index in [1.165, 1.54) is 0 Å². The van der Waals surface area contributed by atoms with E-state index >= 15 is 0 Å². The first kappa shape index (κ1) is 29.9. The number of hydrogen-bond donors (Lipinski definition) is 3. The van der Waals surface area contributed by atoms with Crippen LogP contribution in [0.5, 0.6) is 5.75 Å². The number of amides is 2. The monoisotopic (exact) mass is 559 g/mol. The molecule has 0 aromatic heterocycles. The Morgan fingerprint density at radius 1 is 1.10 bits per heavy atom. The average molecular weight is 560 g/mol. The minimum atomic E-state index is -0.314. The van der Waals surface area contributed by atoms with Gasteiger partial charge in [-0.25, -0.2) is 0 Å². The predicted molar refractivity (Wildman–Crippen MR) is 164 cm³/mol. The molecule has 0 fully saturated rings. The summed E-state index contributed by atoms with van der Waals surface area (Å²) in [6, 6.07) is 20.0. The molecule has 0 saturated carbocycles. The number of carbonyl (C=O) groups excluding carboxylic acids is 2. The van der Waals surface area contributed by atoms with Crippen LogP contribution in [0, 0.1) is 5.92 Å². The minimum absolute atomic E-state index is 0.00950. The lowest BCUT2D eigenvalue weighted by molar-refractivity contribution is 0.0343. The van der Waals surface area contributed by atoms with Crippen LogP contribution < -0.4 is 20.7 Å². The van der Waals surface area contributed by atoms with E-state index in [1.54, 1.807) is 23.1 Å². The number of benzene rings is 3. The quantitative estimate of drug-likeness (QED) is 0.341. The largest absolute Gasteiger partial charge is 0.486 e. The number of fused-ring (bicyclic) bond motifs is 1. The number of ether oxygens (including phenoxy) is 1. The number of rotatable bonds is 9. The molecule has 9 heteroatoms. The number of aliphatic hydroxyl groups is 1. The summed E-state index contributed by atoms with van der Waals surface area (Å²) in [6.45, 7) is 5.58. The first-order chi connectivity index (χ1) is 19.6. The number of carbonyl (C=O) groups is 2. The lowest BCUT2D eigenvalue weighted by atomic mass is 9.98. The number of nitrogens with one attached hydrogen (secondary N) is 1. The van der Waals surface area contributed by atoms with Crippen LogP contribution in [-0.2, 0) is 6.54 Å². The van der Waals surface area contributed by atoms with Crippen molar-refractivity contribution in [2.24, 2.45) is 5.92 Å². The smallest absolute Gasteiger partial charge is 0.258 e. The van der Waals surface area contributed by atoms with Gasteiger partial charge in [-0.2, -0.15) is 0 Å². The molecule has 4 N–H and O–H groups in total. The summed E-state index contributed by atoms with van der Waals surface area (Å²) in [7, 11) is 5.89. The fourth-order valence-electron chi connectivity index (χ4n) is 5.05. The summed E-state index contributed by atoms with van der Waals surface area (Å²) in [4.78, 5) is 32.1. The van der Waals surface area contributed by atoms with Crippen molar-refractivity contribution in [3.05, 3.63) is 83.4 Å². The number of aliphatic hydroxyl groups excluding tert-OH is 1. The molecular weight excluding hydrogens is 518 g/mol. The molecule has 3 aromatic carbocycles. The Bertz CT molecular complexity index is 1360. The maximum Gasteiger partial charge on any atom is 0.258 e. The van der Waals surface area contributed by atoms with Crippen LogP contribution in [0.25, 0.3) is 0 Å². The van der Waals surface area contributed by atoms with Gasteiger partial charge in [-0.1, -0.05) is 37.3 Å². The fraction of sp³-hybridized carbons (Fsp3) is 0.375. The summed E-state index contributed by atoms with van der Waals surface area (Å²) < 4.78 is 6.64. The molecule has 4 rings (SSSR count). The number of nitrogen functional groups attached to an aromatic ring is 1. The van der Waals surface area contributed by atoms with Crippen LogP contribution in [0.1, 0.15) is 40.1 Å². The molecule has 9 nitrogen and oxygen atoms in total. The fourth-order valence-corrected chi connectivity index (χ4v) is 5.05. The van der Waals surface area contributed by atoms with Gasteiger partial charge >= 0.3 is 0 Å². The lowest BCUT2D eigenvalue weighted by Crippen LogP contribution is -2.49. The highest BCUT2D eigenvalue weighted by Gasteiger charge is 2.34. The highest BCUT2D eigenvalue weighted by molar-refractivity contribution is 6.05. The Balaban J connectivity index is 1.49. The van der Waals surface area contributed by atoms with Gasteiger partial charge in [-0.15, -0.1) is 0 Å². The maximum atomic E-state index is 13.5. The first-order valence-electron chi connectivity index (χ1n) is 13.9. The Hall–Kier alpha value is -4.08. The molecule has 2 amide bonds. The van der Waals surface area contributed by atoms with Crippen LogP contribution in [0.15, 0.2) is 66.7 Å². The third-order valence-electron chi connectivity index (χ3n) is 7.52. The van der Waals surface area contributed by atoms with Crippen LogP contribution in [0.4, 0.5) is 17.1 Å². The average Bonchev–Trinajstić information content (AvgIpc) is 2.95. The van der Waals surface area contributed by atoms with Gasteiger partial charge in [0.1, 0.15) is 6.10 Å². The molecule has 0 aliphatic carbocycles. The second-order valence-electron chi connectivity index (χ2n) is 11.1. The molecule has 0 saturated heterocycles. The van der Waals surface area contributed by atoms with Gasteiger partial charge in [0.15, 0.2) is 5.75 Å². The van der Waals surface area contributed by atoms with Crippen molar-refractivity contribution in [3.8, 4) is 5.75 Å². The molecule has 1 aliphatic heterocycles. The Morgan fingerprint density at radius 3 is 2.46 bits per heavy atom. The van der Waals surface area contributed by atoms with Crippen molar-refractivity contribution in [1.82, 2.24) is 9.80 Å². The normalized spacial score (nSPS) is 17.7. The van der Waals surface area contributed by atoms with Crippen LogP contribution >= 0.6 is 0 Å². The summed E-state index contributed by atoms with van der Waals surface area (Å²) in [5.41, 5.74) is 10.00. The minimum Gasteiger partial charge on any atom is -0.486 e. The molecule has 0 bridgehead atoms.